The van der Waals surface area contributed by atoms with Crippen LogP contribution in [0.25, 0.3) is 0 Å². The molecule has 1 aliphatic carbocycles. The molecule has 0 spiro atoms. The van der Waals surface area contributed by atoms with E-state index in [4.69, 9.17) is 11.6 Å². The molecule has 0 saturated heterocycles. The number of hydrogen-bond acceptors (Lipinski definition) is 5. The van der Waals surface area contributed by atoms with Gasteiger partial charge in [0.25, 0.3) is 0 Å². The fraction of sp³-hybridized carbons (Fsp3) is 0.308. The van der Waals surface area contributed by atoms with Crippen molar-refractivity contribution in [3.63, 3.8) is 0 Å². The van der Waals surface area contributed by atoms with Crippen LogP contribution in [-0.2, 0) is 16.6 Å². The first-order valence-corrected chi connectivity index (χ1v) is 8.28. The Morgan fingerprint density at radius 1 is 1.19 bits per heavy atom. The summed E-state index contributed by atoms with van der Waals surface area (Å²) in [7, 11) is -3.64. The van der Waals surface area contributed by atoms with E-state index >= 15 is 0 Å². The number of nitrogens with zero attached hydrogens (tertiary/aromatic N) is 4. The number of rotatable bonds is 5. The lowest BCUT2D eigenvalue weighted by atomic mass is 10.3. The fourth-order valence-corrected chi connectivity index (χ4v) is 3.64. The summed E-state index contributed by atoms with van der Waals surface area (Å²) < 4.78 is 26.9. The van der Waals surface area contributed by atoms with E-state index in [-0.39, 0.29) is 22.8 Å². The predicted octanol–water partition coefficient (Wildman–Crippen LogP) is 1.88. The molecule has 2 heterocycles. The van der Waals surface area contributed by atoms with Gasteiger partial charge in [-0.25, -0.2) is 18.4 Å². The number of hydrogen-bond donors (Lipinski definition) is 0. The maximum absolute atomic E-state index is 12.7. The minimum atomic E-state index is -3.64. The smallest absolute Gasteiger partial charge is 0.246 e. The average Bonchev–Trinajstić information content (AvgIpc) is 3.31. The third-order valence-corrected chi connectivity index (χ3v) is 5.25. The number of halogens is 1. The standard InChI is InChI=1S/C13H13ClN4O2S/c14-13-16-7-12(8-17-13)21(19,20)18(11-4-5-11)9-10-3-1-2-6-15-10/h1-3,6-8,11H,4-5,9H2. The van der Waals surface area contributed by atoms with Gasteiger partial charge in [0.15, 0.2) is 0 Å². The Kier molecular flexibility index (Phi) is 3.88. The van der Waals surface area contributed by atoms with Gasteiger partial charge in [-0.05, 0) is 36.6 Å². The molecule has 110 valence electrons. The summed E-state index contributed by atoms with van der Waals surface area (Å²) in [6.07, 6.45) is 5.84. The van der Waals surface area contributed by atoms with Crippen molar-refractivity contribution in [2.45, 2.75) is 30.3 Å². The second-order valence-electron chi connectivity index (χ2n) is 4.79. The van der Waals surface area contributed by atoms with E-state index < -0.39 is 10.0 Å². The van der Waals surface area contributed by atoms with Crippen molar-refractivity contribution in [1.29, 1.82) is 0 Å². The van der Waals surface area contributed by atoms with Gasteiger partial charge in [0.1, 0.15) is 4.90 Å². The van der Waals surface area contributed by atoms with Gasteiger partial charge in [0.05, 0.1) is 24.6 Å². The van der Waals surface area contributed by atoms with Gasteiger partial charge in [-0.3, -0.25) is 4.98 Å². The zero-order chi connectivity index (χ0) is 14.9. The molecule has 21 heavy (non-hydrogen) atoms. The monoisotopic (exact) mass is 324 g/mol. The molecule has 1 aliphatic rings. The van der Waals surface area contributed by atoms with Crippen LogP contribution in [-0.4, -0.2) is 33.7 Å². The second-order valence-corrected chi connectivity index (χ2v) is 7.02. The van der Waals surface area contributed by atoms with Crippen LogP contribution in [0.1, 0.15) is 18.5 Å². The Hall–Kier alpha value is -1.57. The van der Waals surface area contributed by atoms with Crippen LogP contribution in [0.4, 0.5) is 0 Å². The van der Waals surface area contributed by atoms with E-state index in [0.29, 0.717) is 5.69 Å². The third-order valence-electron chi connectivity index (χ3n) is 3.20. The van der Waals surface area contributed by atoms with Crippen LogP contribution in [0.3, 0.4) is 0 Å². The molecule has 6 nitrogen and oxygen atoms in total. The van der Waals surface area contributed by atoms with Crippen LogP contribution in [0, 0.1) is 0 Å². The molecular formula is C13H13ClN4O2S. The van der Waals surface area contributed by atoms with Crippen molar-refractivity contribution in [3.05, 3.63) is 47.8 Å². The average molecular weight is 325 g/mol. The molecular weight excluding hydrogens is 312 g/mol. The van der Waals surface area contributed by atoms with Gasteiger partial charge < -0.3 is 0 Å². The quantitative estimate of drug-likeness (QED) is 0.785. The Morgan fingerprint density at radius 2 is 1.90 bits per heavy atom. The van der Waals surface area contributed by atoms with Gasteiger partial charge in [-0.2, -0.15) is 4.31 Å². The van der Waals surface area contributed by atoms with E-state index in [1.807, 2.05) is 12.1 Å². The van der Waals surface area contributed by atoms with Crippen molar-refractivity contribution < 1.29 is 8.42 Å². The fourth-order valence-electron chi connectivity index (χ4n) is 1.99. The summed E-state index contributed by atoms with van der Waals surface area (Å²) in [5.74, 6) is 0. The Morgan fingerprint density at radius 3 is 2.48 bits per heavy atom. The normalized spacial score (nSPS) is 15.3. The van der Waals surface area contributed by atoms with Crippen LogP contribution >= 0.6 is 11.6 Å². The number of aromatic nitrogens is 3. The van der Waals surface area contributed by atoms with Crippen molar-refractivity contribution in [3.8, 4) is 0 Å². The van der Waals surface area contributed by atoms with Gasteiger partial charge >= 0.3 is 0 Å². The summed E-state index contributed by atoms with van der Waals surface area (Å²) in [6.45, 7) is 0.246. The molecule has 0 aliphatic heterocycles. The van der Waals surface area contributed by atoms with E-state index in [0.717, 1.165) is 12.8 Å². The lowest BCUT2D eigenvalue weighted by Gasteiger charge is -2.21. The Labute approximate surface area is 127 Å². The highest BCUT2D eigenvalue weighted by Gasteiger charge is 2.38. The summed E-state index contributed by atoms with van der Waals surface area (Å²) in [4.78, 5) is 11.7. The van der Waals surface area contributed by atoms with Crippen molar-refractivity contribution >= 4 is 21.6 Å². The molecule has 2 aromatic heterocycles. The van der Waals surface area contributed by atoms with Gasteiger partial charge in [0.2, 0.25) is 15.3 Å². The largest absolute Gasteiger partial charge is 0.260 e. The first kappa shape index (κ1) is 14.4. The molecule has 0 radical (unpaired) electrons. The maximum atomic E-state index is 12.7. The zero-order valence-corrected chi connectivity index (χ0v) is 12.6. The topological polar surface area (TPSA) is 76.1 Å². The van der Waals surface area contributed by atoms with Gasteiger partial charge in [-0.15, -0.1) is 0 Å². The highest BCUT2D eigenvalue weighted by atomic mass is 35.5. The van der Waals surface area contributed by atoms with Crippen molar-refractivity contribution in [1.82, 2.24) is 19.3 Å². The van der Waals surface area contributed by atoms with E-state index in [2.05, 4.69) is 15.0 Å². The molecule has 0 N–H and O–H groups in total. The highest BCUT2D eigenvalue weighted by molar-refractivity contribution is 7.89. The molecule has 0 atom stereocenters. The molecule has 0 unspecified atom stereocenters. The van der Waals surface area contributed by atoms with Crippen LogP contribution < -0.4 is 0 Å². The second kappa shape index (κ2) is 5.67. The first-order chi connectivity index (χ1) is 10.1. The summed E-state index contributed by atoms with van der Waals surface area (Å²) in [5.41, 5.74) is 0.711. The van der Waals surface area contributed by atoms with Crippen molar-refractivity contribution in [2.24, 2.45) is 0 Å². The molecule has 8 heteroatoms. The molecule has 3 rings (SSSR count). The maximum Gasteiger partial charge on any atom is 0.246 e. The minimum Gasteiger partial charge on any atom is -0.260 e. The van der Waals surface area contributed by atoms with Crippen LogP contribution in [0.2, 0.25) is 5.28 Å². The summed E-state index contributed by atoms with van der Waals surface area (Å²) in [5, 5.41) is 0.0247. The van der Waals surface area contributed by atoms with Gasteiger partial charge in [-0.1, -0.05) is 6.07 Å². The Balaban J connectivity index is 1.91. The zero-order valence-electron chi connectivity index (χ0n) is 11.1. The Bertz CT molecular complexity index is 718. The van der Waals surface area contributed by atoms with Crippen LogP contribution in [0.15, 0.2) is 41.7 Å². The lowest BCUT2D eigenvalue weighted by Crippen LogP contribution is -2.33. The van der Waals surface area contributed by atoms with E-state index in [1.54, 1.807) is 12.3 Å². The molecule has 1 saturated carbocycles. The SMILES string of the molecule is O=S(=O)(c1cnc(Cl)nc1)N(Cc1ccccn1)C1CC1. The molecule has 0 aromatic carbocycles. The van der Waals surface area contributed by atoms with E-state index in [1.165, 1.54) is 16.7 Å². The molecule has 1 fully saturated rings. The lowest BCUT2D eigenvalue weighted by molar-refractivity contribution is 0.394. The van der Waals surface area contributed by atoms with Crippen LogP contribution in [0.5, 0.6) is 0 Å². The third kappa shape index (κ3) is 3.20. The summed E-state index contributed by atoms with van der Waals surface area (Å²) >= 11 is 5.61. The first-order valence-electron chi connectivity index (χ1n) is 6.46. The molecule has 0 bridgehead atoms. The van der Waals surface area contributed by atoms with E-state index in [9.17, 15) is 8.42 Å². The minimum absolute atomic E-state index is 0.0210. The number of pyridine rings is 1. The predicted molar refractivity (Wildman–Crippen MR) is 77.0 cm³/mol. The molecule has 2 aromatic rings. The molecule has 0 amide bonds. The van der Waals surface area contributed by atoms with Crippen molar-refractivity contribution in [2.75, 3.05) is 0 Å². The summed E-state index contributed by atoms with van der Waals surface area (Å²) in [6, 6.07) is 5.47. The number of sulfonamides is 1. The highest BCUT2D eigenvalue weighted by Crippen LogP contribution is 2.33. The van der Waals surface area contributed by atoms with Gasteiger partial charge in [0, 0.05) is 12.2 Å².